The molecule has 4 nitrogen and oxygen atoms in total. The summed E-state index contributed by atoms with van der Waals surface area (Å²) < 4.78 is 5.25. The van der Waals surface area contributed by atoms with Crippen molar-refractivity contribution in [3.8, 4) is 16.3 Å². The minimum atomic E-state index is -0.0359. The van der Waals surface area contributed by atoms with Gasteiger partial charge in [0.15, 0.2) is 5.78 Å². The fourth-order valence-corrected chi connectivity index (χ4v) is 3.22. The van der Waals surface area contributed by atoms with Crippen molar-refractivity contribution in [2.45, 2.75) is 0 Å². The first-order chi connectivity index (χ1) is 12.6. The van der Waals surface area contributed by atoms with Crippen LogP contribution in [0.5, 0.6) is 5.75 Å². The highest BCUT2D eigenvalue weighted by atomic mass is 32.1. The molecule has 0 N–H and O–H groups in total. The lowest BCUT2D eigenvalue weighted by molar-refractivity contribution is 0.104. The Kier molecular flexibility index (Phi) is 5.49. The number of methoxy groups -OCH3 is 1. The Labute approximate surface area is 157 Å². The van der Waals surface area contributed by atoms with E-state index in [0.29, 0.717) is 5.56 Å². The van der Waals surface area contributed by atoms with Gasteiger partial charge in [-0.25, -0.2) is 4.98 Å². The van der Waals surface area contributed by atoms with Gasteiger partial charge in [-0.2, -0.15) is 0 Å². The first-order valence-corrected chi connectivity index (χ1v) is 9.04. The predicted molar refractivity (Wildman–Crippen MR) is 108 cm³/mol. The third kappa shape index (κ3) is 4.18. The van der Waals surface area contributed by atoms with Crippen LogP contribution in [0, 0.1) is 0 Å². The second-order valence-corrected chi connectivity index (χ2v) is 6.81. The van der Waals surface area contributed by atoms with Crippen LogP contribution < -0.4 is 9.64 Å². The number of aromatic nitrogens is 1. The standard InChI is InChI=1S/C21H20N2O2S/c1-23(2)18-10-7-15(8-11-18)20(24)12-9-17-14-26-21(22-17)16-5-4-6-19(13-16)25-3/h4-14H,1-3H3/b12-9+. The topological polar surface area (TPSA) is 42.4 Å². The summed E-state index contributed by atoms with van der Waals surface area (Å²) in [5, 5.41) is 2.83. The number of allylic oxidation sites excluding steroid dienone is 1. The molecule has 0 radical (unpaired) electrons. The average Bonchev–Trinajstić information content (AvgIpc) is 3.15. The fraction of sp³-hybridized carbons (Fsp3) is 0.143. The maximum atomic E-state index is 12.3. The van der Waals surface area contributed by atoms with Crippen LogP contribution in [0.4, 0.5) is 5.69 Å². The van der Waals surface area contributed by atoms with Crippen LogP contribution in [-0.2, 0) is 0 Å². The van der Waals surface area contributed by atoms with E-state index in [4.69, 9.17) is 4.74 Å². The third-order valence-corrected chi connectivity index (χ3v) is 4.82. The Bertz CT molecular complexity index is 927. The van der Waals surface area contributed by atoms with Gasteiger partial charge in [0.05, 0.1) is 12.8 Å². The molecule has 1 aromatic heterocycles. The molecule has 0 unspecified atom stereocenters. The highest BCUT2D eigenvalue weighted by Gasteiger charge is 2.06. The predicted octanol–water partition coefficient (Wildman–Crippen LogP) is 4.78. The van der Waals surface area contributed by atoms with Gasteiger partial charge in [-0.3, -0.25) is 4.79 Å². The monoisotopic (exact) mass is 364 g/mol. The molecular formula is C21H20N2O2S. The minimum absolute atomic E-state index is 0.0359. The van der Waals surface area contributed by atoms with Crippen molar-refractivity contribution in [3.63, 3.8) is 0 Å². The molecule has 3 aromatic rings. The number of anilines is 1. The number of ketones is 1. The van der Waals surface area contributed by atoms with Gasteiger partial charge in [0.2, 0.25) is 0 Å². The number of carbonyl (C=O) groups is 1. The first kappa shape index (κ1) is 17.9. The summed E-state index contributed by atoms with van der Waals surface area (Å²) in [5.74, 6) is 0.761. The zero-order valence-corrected chi connectivity index (χ0v) is 15.8. The highest BCUT2D eigenvalue weighted by molar-refractivity contribution is 7.13. The SMILES string of the molecule is COc1cccc(-c2nc(/C=C/C(=O)c3ccc(N(C)C)cc3)cs2)c1. The smallest absolute Gasteiger partial charge is 0.185 e. The van der Waals surface area contributed by atoms with Crippen LogP contribution in [0.1, 0.15) is 16.1 Å². The van der Waals surface area contributed by atoms with E-state index in [-0.39, 0.29) is 5.78 Å². The summed E-state index contributed by atoms with van der Waals surface area (Å²) in [5.41, 5.74) is 3.49. The summed E-state index contributed by atoms with van der Waals surface area (Å²) in [7, 11) is 5.59. The number of benzene rings is 2. The molecule has 0 amide bonds. The van der Waals surface area contributed by atoms with Gasteiger partial charge >= 0.3 is 0 Å². The number of hydrogen-bond donors (Lipinski definition) is 0. The fourth-order valence-electron chi connectivity index (χ4n) is 2.43. The largest absolute Gasteiger partial charge is 0.497 e. The van der Waals surface area contributed by atoms with Gasteiger partial charge < -0.3 is 9.64 Å². The molecule has 3 rings (SSSR count). The highest BCUT2D eigenvalue weighted by Crippen LogP contribution is 2.27. The van der Waals surface area contributed by atoms with Crippen molar-refractivity contribution in [3.05, 3.63) is 71.2 Å². The molecule has 0 spiro atoms. The summed E-state index contributed by atoms with van der Waals surface area (Å²) in [4.78, 5) is 18.9. The number of nitrogens with zero attached hydrogens (tertiary/aromatic N) is 2. The summed E-state index contributed by atoms with van der Waals surface area (Å²) >= 11 is 1.54. The van der Waals surface area contributed by atoms with Crippen LogP contribution in [-0.4, -0.2) is 32.0 Å². The van der Waals surface area contributed by atoms with Crippen LogP contribution in [0.15, 0.2) is 60.0 Å². The molecule has 132 valence electrons. The van der Waals surface area contributed by atoms with Gasteiger partial charge in [0, 0.05) is 36.3 Å². The normalized spacial score (nSPS) is 10.9. The molecule has 2 aromatic carbocycles. The zero-order chi connectivity index (χ0) is 18.5. The molecule has 0 aliphatic carbocycles. The number of ether oxygens (including phenoxy) is 1. The molecule has 0 bridgehead atoms. The summed E-state index contributed by atoms with van der Waals surface area (Å²) in [6.45, 7) is 0. The average molecular weight is 364 g/mol. The van der Waals surface area contributed by atoms with Crippen molar-refractivity contribution in [1.82, 2.24) is 4.98 Å². The molecule has 0 atom stereocenters. The Morgan fingerprint density at radius 1 is 1.15 bits per heavy atom. The number of rotatable bonds is 6. The molecule has 0 aliphatic heterocycles. The second-order valence-electron chi connectivity index (χ2n) is 5.95. The van der Waals surface area contributed by atoms with Crippen LogP contribution >= 0.6 is 11.3 Å². The zero-order valence-electron chi connectivity index (χ0n) is 15.0. The second kappa shape index (κ2) is 7.97. The van der Waals surface area contributed by atoms with Crippen molar-refractivity contribution in [1.29, 1.82) is 0 Å². The van der Waals surface area contributed by atoms with Crippen molar-refractivity contribution in [2.24, 2.45) is 0 Å². The lowest BCUT2D eigenvalue weighted by atomic mass is 10.1. The van der Waals surface area contributed by atoms with Gasteiger partial charge in [-0.05, 0) is 48.6 Å². The lowest BCUT2D eigenvalue weighted by Crippen LogP contribution is -2.08. The number of hydrogen-bond acceptors (Lipinski definition) is 5. The molecular weight excluding hydrogens is 344 g/mol. The number of carbonyl (C=O) groups excluding carboxylic acids is 1. The van der Waals surface area contributed by atoms with E-state index >= 15 is 0 Å². The quantitative estimate of drug-likeness (QED) is 0.466. The Balaban J connectivity index is 1.72. The van der Waals surface area contributed by atoms with Crippen LogP contribution in [0.25, 0.3) is 16.6 Å². The number of thiazole rings is 1. The molecule has 5 heteroatoms. The van der Waals surface area contributed by atoms with E-state index in [1.807, 2.05) is 72.9 Å². The van der Waals surface area contributed by atoms with E-state index in [9.17, 15) is 4.79 Å². The van der Waals surface area contributed by atoms with Gasteiger partial charge in [-0.15, -0.1) is 11.3 Å². The Morgan fingerprint density at radius 3 is 2.62 bits per heavy atom. The van der Waals surface area contributed by atoms with E-state index in [1.54, 1.807) is 19.3 Å². The van der Waals surface area contributed by atoms with E-state index < -0.39 is 0 Å². The van der Waals surface area contributed by atoms with Crippen LogP contribution in [0.2, 0.25) is 0 Å². The molecule has 0 saturated heterocycles. The molecule has 0 fully saturated rings. The Hall–Kier alpha value is -2.92. The molecule has 0 saturated carbocycles. The first-order valence-electron chi connectivity index (χ1n) is 8.16. The third-order valence-electron chi connectivity index (χ3n) is 3.91. The van der Waals surface area contributed by atoms with Gasteiger partial charge in [0.25, 0.3) is 0 Å². The van der Waals surface area contributed by atoms with Crippen molar-refractivity contribution >= 4 is 28.9 Å². The van der Waals surface area contributed by atoms with Crippen molar-refractivity contribution < 1.29 is 9.53 Å². The maximum Gasteiger partial charge on any atom is 0.185 e. The van der Waals surface area contributed by atoms with E-state index in [1.165, 1.54) is 11.3 Å². The minimum Gasteiger partial charge on any atom is -0.497 e. The molecule has 1 heterocycles. The Morgan fingerprint density at radius 2 is 1.92 bits per heavy atom. The maximum absolute atomic E-state index is 12.3. The lowest BCUT2D eigenvalue weighted by Gasteiger charge is -2.11. The molecule has 0 aliphatic rings. The van der Waals surface area contributed by atoms with E-state index in [0.717, 1.165) is 27.7 Å². The van der Waals surface area contributed by atoms with Crippen molar-refractivity contribution in [2.75, 3.05) is 26.1 Å². The summed E-state index contributed by atoms with van der Waals surface area (Å²) in [6, 6.07) is 15.3. The molecule has 26 heavy (non-hydrogen) atoms. The summed E-state index contributed by atoms with van der Waals surface area (Å²) in [6.07, 6.45) is 3.32. The van der Waals surface area contributed by atoms with E-state index in [2.05, 4.69) is 4.98 Å². The van der Waals surface area contributed by atoms with Gasteiger partial charge in [0.1, 0.15) is 10.8 Å². The van der Waals surface area contributed by atoms with Crippen LogP contribution in [0.3, 0.4) is 0 Å². The van der Waals surface area contributed by atoms with Gasteiger partial charge in [-0.1, -0.05) is 12.1 Å².